The van der Waals surface area contributed by atoms with Gasteiger partial charge in [0.05, 0.1) is 5.69 Å². The quantitative estimate of drug-likeness (QED) is 0.657. The second kappa shape index (κ2) is 2.93. The number of nitrogens with zero attached hydrogens (tertiary/aromatic N) is 4. The van der Waals surface area contributed by atoms with Crippen molar-refractivity contribution in [1.82, 2.24) is 20.2 Å². The summed E-state index contributed by atoms with van der Waals surface area (Å²) >= 11 is 0. The van der Waals surface area contributed by atoms with Crippen LogP contribution in [0, 0.1) is 12.7 Å². The van der Waals surface area contributed by atoms with Gasteiger partial charge in [-0.25, -0.2) is 9.07 Å². The number of hydrogen-bond acceptors (Lipinski definition) is 3. The molecule has 0 unspecified atom stereocenters. The Labute approximate surface area is 74.0 Å². The normalized spacial score (nSPS) is 10.3. The summed E-state index contributed by atoms with van der Waals surface area (Å²) in [5.74, 6) is -0.225. The van der Waals surface area contributed by atoms with E-state index in [0.29, 0.717) is 5.56 Å². The van der Waals surface area contributed by atoms with Gasteiger partial charge in [-0.15, -0.1) is 5.10 Å². The van der Waals surface area contributed by atoms with Gasteiger partial charge in [-0.2, -0.15) is 0 Å². The molecule has 0 bridgehead atoms. The standard InChI is InChI=1S/C8H7FN4/c1-6-4-7(2-3-8(6)9)13-5-10-11-12-13/h2-5H,1H3. The Morgan fingerprint density at radius 3 is 2.85 bits per heavy atom. The second-order valence-corrected chi connectivity index (χ2v) is 2.69. The highest BCUT2D eigenvalue weighted by molar-refractivity contribution is 5.34. The average molecular weight is 178 g/mol. The largest absolute Gasteiger partial charge is 0.207 e. The summed E-state index contributed by atoms with van der Waals surface area (Å²) in [6.07, 6.45) is 1.46. The minimum atomic E-state index is -0.225. The smallest absolute Gasteiger partial charge is 0.143 e. The lowest BCUT2D eigenvalue weighted by Crippen LogP contribution is -1.96. The van der Waals surface area contributed by atoms with Crippen LogP contribution in [0.25, 0.3) is 5.69 Å². The Kier molecular flexibility index (Phi) is 1.77. The zero-order valence-corrected chi connectivity index (χ0v) is 6.98. The van der Waals surface area contributed by atoms with E-state index in [-0.39, 0.29) is 5.82 Å². The van der Waals surface area contributed by atoms with Gasteiger partial charge in [0, 0.05) is 0 Å². The molecule has 0 saturated carbocycles. The Morgan fingerprint density at radius 2 is 2.23 bits per heavy atom. The van der Waals surface area contributed by atoms with Crippen LogP contribution in [0.1, 0.15) is 5.56 Å². The maximum absolute atomic E-state index is 12.9. The van der Waals surface area contributed by atoms with Crippen molar-refractivity contribution in [3.8, 4) is 5.69 Å². The van der Waals surface area contributed by atoms with Crippen LogP contribution in [0.4, 0.5) is 4.39 Å². The maximum Gasteiger partial charge on any atom is 0.143 e. The van der Waals surface area contributed by atoms with E-state index < -0.39 is 0 Å². The number of rotatable bonds is 1. The van der Waals surface area contributed by atoms with E-state index in [1.807, 2.05) is 0 Å². The molecule has 0 N–H and O–H groups in total. The van der Waals surface area contributed by atoms with E-state index in [9.17, 15) is 4.39 Å². The van der Waals surface area contributed by atoms with Gasteiger partial charge in [0.25, 0.3) is 0 Å². The van der Waals surface area contributed by atoms with E-state index >= 15 is 0 Å². The van der Waals surface area contributed by atoms with Crippen LogP contribution < -0.4 is 0 Å². The Morgan fingerprint density at radius 1 is 1.38 bits per heavy atom. The summed E-state index contributed by atoms with van der Waals surface area (Å²) in [6.45, 7) is 1.70. The molecule has 2 aromatic rings. The lowest BCUT2D eigenvalue weighted by molar-refractivity contribution is 0.617. The molecule has 2 rings (SSSR count). The summed E-state index contributed by atoms with van der Waals surface area (Å²) in [5, 5.41) is 10.7. The fraction of sp³-hybridized carbons (Fsp3) is 0.125. The lowest BCUT2D eigenvalue weighted by Gasteiger charge is -2.00. The molecule has 66 valence electrons. The van der Waals surface area contributed by atoms with Crippen LogP contribution in [-0.4, -0.2) is 20.2 Å². The molecular weight excluding hydrogens is 171 g/mol. The summed E-state index contributed by atoms with van der Waals surface area (Å²) in [5.41, 5.74) is 1.33. The van der Waals surface area contributed by atoms with Gasteiger partial charge in [-0.1, -0.05) is 0 Å². The summed E-state index contributed by atoms with van der Waals surface area (Å²) in [4.78, 5) is 0. The topological polar surface area (TPSA) is 43.6 Å². The molecule has 4 nitrogen and oxygen atoms in total. The van der Waals surface area contributed by atoms with Crippen LogP contribution in [0.3, 0.4) is 0 Å². The Hall–Kier alpha value is -1.78. The van der Waals surface area contributed by atoms with Crippen molar-refractivity contribution in [2.45, 2.75) is 6.92 Å². The van der Waals surface area contributed by atoms with E-state index in [4.69, 9.17) is 0 Å². The zero-order valence-electron chi connectivity index (χ0n) is 6.98. The van der Waals surface area contributed by atoms with Crippen molar-refractivity contribution in [1.29, 1.82) is 0 Å². The van der Waals surface area contributed by atoms with Crippen molar-refractivity contribution >= 4 is 0 Å². The maximum atomic E-state index is 12.9. The van der Waals surface area contributed by atoms with Crippen molar-refractivity contribution in [2.75, 3.05) is 0 Å². The van der Waals surface area contributed by atoms with Gasteiger partial charge in [-0.3, -0.25) is 0 Å². The highest BCUT2D eigenvalue weighted by atomic mass is 19.1. The molecule has 0 amide bonds. The molecule has 0 saturated heterocycles. The summed E-state index contributed by atoms with van der Waals surface area (Å²) in [6, 6.07) is 4.71. The number of aromatic nitrogens is 4. The van der Waals surface area contributed by atoms with Crippen molar-refractivity contribution in [3.63, 3.8) is 0 Å². The van der Waals surface area contributed by atoms with Crippen LogP contribution in [0.15, 0.2) is 24.5 Å². The molecule has 1 aromatic carbocycles. The molecule has 0 aliphatic carbocycles. The third kappa shape index (κ3) is 1.40. The fourth-order valence-corrected chi connectivity index (χ4v) is 1.05. The van der Waals surface area contributed by atoms with E-state index in [0.717, 1.165) is 5.69 Å². The lowest BCUT2D eigenvalue weighted by atomic mass is 10.2. The number of hydrogen-bond donors (Lipinski definition) is 0. The number of benzene rings is 1. The van der Waals surface area contributed by atoms with Crippen LogP contribution in [0.2, 0.25) is 0 Å². The van der Waals surface area contributed by atoms with Gasteiger partial charge in [0.15, 0.2) is 0 Å². The Balaban J connectivity index is 2.49. The molecule has 13 heavy (non-hydrogen) atoms. The van der Waals surface area contributed by atoms with E-state index in [2.05, 4.69) is 15.5 Å². The van der Waals surface area contributed by atoms with Crippen LogP contribution in [0.5, 0.6) is 0 Å². The first-order valence-electron chi connectivity index (χ1n) is 3.77. The zero-order chi connectivity index (χ0) is 9.26. The second-order valence-electron chi connectivity index (χ2n) is 2.69. The molecule has 0 aliphatic rings. The minimum absolute atomic E-state index is 0.225. The number of aryl methyl sites for hydroxylation is 1. The predicted octanol–water partition coefficient (Wildman–Crippen LogP) is 1.11. The third-order valence-corrected chi connectivity index (χ3v) is 1.76. The molecule has 5 heteroatoms. The summed E-state index contributed by atoms with van der Waals surface area (Å²) in [7, 11) is 0. The molecule has 0 atom stereocenters. The van der Waals surface area contributed by atoms with Gasteiger partial charge in [0.1, 0.15) is 12.1 Å². The molecule has 0 spiro atoms. The third-order valence-electron chi connectivity index (χ3n) is 1.76. The molecule has 0 radical (unpaired) electrons. The minimum Gasteiger partial charge on any atom is -0.207 e. The van der Waals surface area contributed by atoms with Gasteiger partial charge >= 0.3 is 0 Å². The van der Waals surface area contributed by atoms with Crippen molar-refractivity contribution in [2.24, 2.45) is 0 Å². The highest BCUT2D eigenvalue weighted by Crippen LogP contribution is 2.11. The SMILES string of the molecule is Cc1cc(-n2cnnn2)ccc1F. The number of halogens is 1. The Bertz CT molecular complexity index is 410. The highest BCUT2D eigenvalue weighted by Gasteiger charge is 2.01. The predicted molar refractivity (Wildman–Crippen MR) is 43.8 cm³/mol. The van der Waals surface area contributed by atoms with E-state index in [1.165, 1.54) is 17.1 Å². The summed E-state index contributed by atoms with van der Waals surface area (Å²) < 4.78 is 14.4. The molecular formula is C8H7FN4. The van der Waals surface area contributed by atoms with Gasteiger partial charge < -0.3 is 0 Å². The van der Waals surface area contributed by atoms with Crippen LogP contribution >= 0.6 is 0 Å². The van der Waals surface area contributed by atoms with Gasteiger partial charge in [0.2, 0.25) is 0 Å². The molecule has 0 aliphatic heterocycles. The van der Waals surface area contributed by atoms with Crippen molar-refractivity contribution < 1.29 is 4.39 Å². The molecule has 1 heterocycles. The van der Waals surface area contributed by atoms with Crippen LogP contribution in [-0.2, 0) is 0 Å². The first-order chi connectivity index (χ1) is 6.27. The first kappa shape index (κ1) is 7.85. The monoisotopic (exact) mass is 178 g/mol. The molecule has 1 aromatic heterocycles. The molecule has 0 fully saturated rings. The van der Waals surface area contributed by atoms with Gasteiger partial charge in [-0.05, 0) is 41.1 Å². The van der Waals surface area contributed by atoms with E-state index in [1.54, 1.807) is 19.1 Å². The van der Waals surface area contributed by atoms with Crippen molar-refractivity contribution in [3.05, 3.63) is 35.9 Å². The fourth-order valence-electron chi connectivity index (χ4n) is 1.05. The first-order valence-corrected chi connectivity index (χ1v) is 3.77. The number of tetrazole rings is 1. The average Bonchev–Trinajstić information content (AvgIpc) is 2.62.